The molecule has 1 amide bonds. The number of hydrogen-bond acceptors (Lipinski definition) is 3. The van der Waals surface area contributed by atoms with Crippen LogP contribution in [0.25, 0.3) is 0 Å². The number of carbonyl (C=O) groups excluding carboxylic acids is 1. The number of nitrogens with zero attached hydrogens (tertiary/aromatic N) is 2. The van der Waals surface area contributed by atoms with Gasteiger partial charge in [0.15, 0.2) is 0 Å². The van der Waals surface area contributed by atoms with Gasteiger partial charge in [-0.3, -0.25) is 4.79 Å². The van der Waals surface area contributed by atoms with Crippen molar-refractivity contribution >= 4 is 12.1 Å². The zero-order valence-corrected chi connectivity index (χ0v) is 11.4. The Morgan fingerprint density at radius 2 is 2.05 bits per heavy atom. The first-order valence-electron chi connectivity index (χ1n) is 6.14. The van der Waals surface area contributed by atoms with Crippen molar-refractivity contribution in [3.05, 3.63) is 48.6 Å². The second-order valence-electron chi connectivity index (χ2n) is 5.07. The summed E-state index contributed by atoms with van der Waals surface area (Å²) in [7, 11) is 0. The third-order valence-electron chi connectivity index (χ3n) is 2.66. The number of benzene rings is 1. The molecule has 0 atom stereocenters. The highest BCUT2D eigenvalue weighted by molar-refractivity contribution is 5.94. The van der Waals surface area contributed by atoms with Gasteiger partial charge in [-0.25, -0.2) is 0 Å². The molecule has 1 aromatic rings. The van der Waals surface area contributed by atoms with Crippen molar-refractivity contribution in [2.45, 2.75) is 13.8 Å². The van der Waals surface area contributed by atoms with Crippen LogP contribution >= 0.6 is 0 Å². The standard InChI is InChI=1S/C15H20N2O2/c1-4-10-17(12-15(2,3)11-16-19)14(18)13-8-6-5-7-9-13/h4-9,11,19H,1,10,12H2,2-3H3. The number of amides is 1. The van der Waals surface area contributed by atoms with Crippen molar-refractivity contribution in [1.82, 2.24) is 4.90 Å². The van der Waals surface area contributed by atoms with Gasteiger partial charge in [-0.2, -0.15) is 0 Å². The van der Waals surface area contributed by atoms with E-state index in [4.69, 9.17) is 5.21 Å². The van der Waals surface area contributed by atoms with Gasteiger partial charge in [-0.05, 0) is 12.1 Å². The third-order valence-corrected chi connectivity index (χ3v) is 2.66. The molecular formula is C15H20N2O2. The highest BCUT2D eigenvalue weighted by Crippen LogP contribution is 2.16. The lowest BCUT2D eigenvalue weighted by Crippen LogP contribution is -2.39. The smallest absolute Gasteiger partial charge is 0.254 e. The Labute approximate surface area is 114 Å². The minimum absolute atomic E-state index is 0.0556. The molecule has 1 N–H and O–H groups in total. The summed E-state index contributed by atoms with van der Waals surface area (Å²) >= 11 is 0. The summed E-state index contributed by atoms with van der Waals surface area (Å²) in [6.07, 6.45) is 3.12. The van der Waals surface area contributed by atoms with Crippen LogP contribution in [0.5, 0.6) is 0 Å². The van der Waals surface area contributed by atoms with E-state index < -0.39 is 5.41 Å². The maximum atomic E-state index is 12.4. The van der Waals surface area contributed by atoms with Crippen molar-refractivity contribution in [3.63, 3.8) is 0 Å². The minimum atomic E-state index is -0.401. The molecule has 19 heavy (non-hydrogen) atoms. The van der Waals surface area contributed by atoms with E-state index in [2.05, 4.69) is 11.7 Å². The quantitative estimate of drug-likeness (QED) is 0.370. The molecule has 0 spiro atoms. The van der Waals surface area contributed by atoms with E-state index in [9.17, 15) is 4.79 Å². The number of oxime groups is 1. The van der Waals surface area contributed by atoms with Gasteiger partial charge in [0, 0.05) is 24.1 Å². The molecule has 0 aromatic heterocycles. The SMILES string of the molecule is C=CCN(CC(C)(C)C=NO)C(=O)c1ccccc1. The second-order valence-corrected chi connectivity index (χ2v) is 5.07. The molecule has 0 unspecified atom stereocenters. The zero-order chi connectivity index (χ0) is 14.3. The van der Waals surface area contributed by atoms with Crippen LogP contribution in [0, 0.1) is 5.41 Å². The van der Waals surface area contributed by atoms with Gasteiger partial charge in [0.05, 0.1) is 6.21 Å². The third kappa shape index (κ3) is 4.58. The van der Waals surface area contributed by atoms with Crippen molar-refractivity contribution in [2.75, 3.05) is 13.1 Å². The number of rotatable bonds is 6. The zero-order valence-electron chi connectivity index (χ0n) is 11.4. The Morgan fingerprint density at radius 3 is 2.58 bits per heavy atom. The van der Waals surface area contributed by atoms with Gasteiger partial charge in [0.25, 0.3) is 5.91 Å². The summed E-state index contributed by atoms with van der Waals surface area (Å²) in [5.74, 6) is -0.0556. The molecule has 1 aromatic carbocycles. The van der Waals surface area contributed by atoms with Gasteiger partial charge in [0.1, 0.15) is 0 Å². The Morgan fingerprint density at radius 1 is 1.42 bits per heavy atom. The Kier molecular flexibility index (Phi) is 5.30. The van der Waals surface area contributed by atoms with Crippen molar-refractivity contribution in [3.8, 4) is 0 Å². The van der Waals surface area contributed by atoms with Gasteiger partial charge >= 0.3 is 0 Å². The lowest BCUT2D eigenvalue weighted by atomic mass is 9.94. The molecule has 0 aliphatic heterocycles. The van der Waals surface area contributed by atoms with E-state index >= 15 is 0 Å². The topological polar surface area (TPSA) is 52.9 Å². The first-order valence-corrected chi connectivity index (χ1v) is 6.14. The molecule has 4 heteroatoms. The molecule has 4 nitrogen and oxygen atoms in total. The molecule has 1 rings (SSSR count). The largest absolute Gasteiger partial charge is 0.411 e. The normalized spacial score (nSPS) is 11.5. The average Bonchev–Trinajstić information content (AvgIpc) is 2.38. The van der Waals surface area contributed by atoms with Crippen LogP contribution in [0.4, 0.5) is 0 Å². The minimum Gasteiger partial charge on any atom is -0.411 e. The monoisotopic (exact) mass is 260 g/mol. The molecule has 0 bridgehead atoms. The predicted octanol–water partition coefficient (Wildman–Crippen LogP) is 2.80. The van der Waals surface area contributed by atoms with Crippen LogP contribution in [0.15, 0.2) is 48.1 Å². The number of hydrogen-bond donors (Lipinski definition) is 1. The van der Waals surface area contributed by atoms with Crippen LogP contribution in [0.1, 0.15) is 24.2 Å². The highest BCUT2D eigenvalue weighted by atomic mass is 16.4. The first kappa shape index (κ1) is 15.0. The number of carbonyl (C=O) groups is 1. The Hall–Kier alpha value is -2.10. The molecule has 0 aliphatic carbocycles. The fourth-order valence-electron chi connectivity index (χ4n) is 1.83. The maximum Gasteiger partial charge on any atom is 0.254 e. The van der Waals surface area contributed by atoms with E-state index in [-0.39, 0.29) is 5.91 Å². The fourth-order valence-corrected chi connectivity index (χ4v) is 1.83. The molecule has 0 fully saturated rings. The molecule has 0 aliphatic rings. The Balaban J connectivity index is 2.89. The van der Waals surface area contributed by atoms with Crippen LogP contribution < -0.4 is 0 Å². The fraction of sp³-hybridized carbons (Fsp3) is 0.333. The van der Waals surface area contributed by atoms with Crippen molar-refractivity contribution < 1.29 is 10.0 Å². The summed E-state index contributed by atoms with van der Waals surface area (Å²) in [5, 5.41) is 11.7. The first-order chi connectivity index (χ1) is 9.00. The van der Waals surface area contributed by atoms with E-state index in [1.54, 1.807) is 23.1 Å². The van der Waals surface area contributed by atoms with Crippen molar-refractivity contribution in [2.24, 2.45) is 10.6 Å². The molecule has 102 valence electrons. The Bertz CT molecular complexity index is 452. The summed E-state index contributed by atoms with van der Waals surface area (Å²) in [5.41, 5.74) is 0.239. The van der Waals surface area contributed by atoms with E-state index in [0.29, 0.717) is 18.7 Å². The van der Waals surface area contributed by atoms with E-state index in [1.165, 1.54) is 6.21 Å². The van der Waals surface area contributed by atoms with Crippen molar-refractivity contribution in [1.29, 1.82) is 0 Å². The average molecular weight is 260 g/mol. The molecule has 0 radical (unpaired) electrons. The van der Waals surface area contributed by atoms with Crippen LogP contribution in [0.3, 0.4) is 0 Å². The van der Waals surface area contributed by atoms with Gasteiger partial charge in [-0.1, -0.05) is 38.1 Å². The summed E-state index contributed by atoms with van der Waals surface area (Å²) < 4.78 is 0. The lowest BCUT2D eigenvalue weighted by molar-refractivity contribution is 0.0740. The molecule has 0 saturated carbocycles. The van der Waals surface area contributed by atoms with E-state index in [1.807, 2.05) is 32.0 Å². The summed E-state index contributed by atoms with van der Waals surface area (Å²) in [6.45, 7) is 8.39. The van der Waals surface area contributed by atoms with Crippen LogP contribution in [-0.2, 0) is 0 Å². The summed E-state index contributed by atoms with van der Waals surface area (Å²) in [4.78, 5) is 14.1. The van der Waals surface area contributed by atoms with Gasteiger partial charge < -0.3 is 10.1 Å². The molecular weight excluding hydrogens is 240 g/mol. The van der Waals surface area contributed by atoms with Gasteiger partial charge in [0.2, 0.25) is 0 Å². The maximum absolute atomic E-state index is 12.4. The highest BCUT2D eigenvalue weighted by Gasteiger charge is 2.23. The second kappa shape index (κ2) is 6.73. The predicted molar refractivity (Wildman–Crippen MR) is 76.6 cm³/mol. The van der Waals surface area contributed by atoms with Gasteiger partial charge in [-0.15, -0.1) is 11.7 Å². The van der Waals surface area contributed by atoms with E-state index in [0.717, 1.165) is 0 Å². The van der Waals surface area contributed by atoms with Crippen LogP contribution in [-0.4, -0.2) is 35.3 Å². The summed E-state index contributed by atoms with van der Waals surface area (Å²) in [6, 6.07) is 9.10. The molecule has 0 heterocycles. The lowest BCUT2D eigenvalue weighted by Gasteiger charge is -2.29. The molecule has 0 saturated heterocycles. The van der Waals surface area contributed by atoms with Crippen LogP contribution in [0.2, 0.25) is 0 Å².